The second-order valence-electron chi connectivity index (χ2n) is 6.66. The van der Waals surface area contributed by atoms with E-state index in [-0.39, 0.29) is 13.0 Å². The fourth-order valence-corrected chi connectivity index (χ4v) is 2.90. The van der Waals surface area contributed by atoms with Crippen LogP contribution in [0.15, 0.2) is 54.6 Å². The van der Waals surface area contributed by atoms with Crippen molar-refractivity contribution in [1.29, 1.82) is 0 Å². The Labute approximate surface area is 164 Å². The number of aromatic nitrogens is 2. The Kier molecular flexibility index (Phi) is 5.89. The number of anilines is 1. The predicted molar refractivity (Wildman–Crippen MR) is 108 cm³/mol. The standard InChI is InChI=1S/C22H23N3O3/c1-15-9-11-19(12-10-15)25-17(3)22(16(2)24-25)23-20(26)14-28-21(27)13-18-7-5-4-6-8-18/h4-12H,13-14H2,1-3H3,(H,23,26). The number of carbonyl (C=O) groups is 2. The maximum absolute atomic E-state index is 12.2. The first kappa shape index (κ1) is 19.4. The van der Waals surface area contributed by atoms with Crippen molar-refractivity contribution >= 4 is 17.6 Å². The Morgan fingerprint density at radius 2 is 1.68 bits per heavy atom. The van der Waals surface area contributed by atoms with E-state index in [1.165, 1.54) is 0 Å². The minimum atomic E-state index is -0.440. The van der Waals surface area contributed by atoms with Crippen LogP contribution in [0.3, 0.4) is 0 Å². The summed E-state index contributed by atoms with van der Waals surface area (Å²) >= 11 is 0. The summed E-state index contributed by atoms with van der Waals surface area (Å²) in [7, 11) is 0. The number of amides is 1. The number of carbonyl (C=O) groups excluding carboxylic acids is 2. The van der Waals surface area contributed by atoms with Crippen molar-refractivity contribution in [3.8, 4) is 5.69 Å². The summed E-state index contributed by atoms with van der Waals surface area (Å²) in [6.07, 6.45) is 0.136. The molecule has 6 nitrogen and oxygen atoms in total. The summed E-state index contributed by atoms with van der Waals surface area (Å²) in [5.41, 5.74) is 5.06. The van der Waals surface area contributed by atoms with Gasteiger partial charge in [0.1, 0.15) is 0 Å². The zero-order valence-electron chi connectivity index (χ0n) is 16.2. The van der Waals surface area contributed by atoms with E-state index < -0.39 is 11.9 Å². The molecule has 3 aromatic rings. The van der Waals surface area contributed by atoms with Crippen LogP contribution < -0.4 is 5.32 Å². The Balaban J connectivity index is 1.61. The maximum Gasteiger partial charge on any atom is 0.310 e. The van der Waals surface area contributed by atoms with E-state index >= 15 is 0 Å². The van der Waals surface area contributed by atoms with E-state index in [4.69, 9.17) is 4.74 Å². The van der Waals surface area contributed by atoms with Gasteiger partial charge in [0, 0.05) is 0 Å². The van der Waals surface area contributed by atoms with Crippen LogP contribution in [0.2, 0.25) is 0 Å². The lowest BCUT2D eigenvalue weighted by Crippen LogP contribution is -2.22. The Bertz CT molecular complexity index is 976. The van der Waals surface area contributed by atoms with Crippen LogP contribution in [0.5, 0.6) is 0 Å². The quantitative estimate of drug-likeness (QED) is 0.667. The molecule has 1 heterocycles. The number of ether oxygens (including phenoxy) is 1. The Morgan fingerprint density at radius 3 is 2.36 bits per heavy atom. The molecular formula is C22H23N3O3. The highest BCUT2D eigenvalue weighted by atomic mass is 16.5. The molecule has 0 saturated carbocycles. The first-order chi connectivity index (χ1) is 13.4. The van der Waals surface area contributed by atoms with Crippen molar-refractivity contribution in [3.05, 3.63) is 77.1 Å². The lowest BCUT2D eigenvalue weighted by atomic mass is 10.2. The van der Waals surface area contributed by atoms with Crippen molar-refractivity contribution in [2.45, 2.75) is 27.2 Å². The van der Waals surface area contributed by atoms with Gasteiger partial charge in [-0.3, -0.25) is 9.59 Å². The van der Waals surface area contributed by atoms with Crippen molar-refractivity contribution in [2.24, 2.45) is 0 Å². The van der Waals surface area contributed by atoms with Gasteiger partial charge in [-0.1, -0.05) is 48.0 Å². The smallest absolute Gasteiger partial charge is 0.310 e. The van der Waals surface area contributed by atoms with Crippen LogP contribution in [0.4, 0.5) is 5.69 Å². The SMILES string of the molecule is Cc1ccc(-n2nc(C)c(NC(=O)COC(=O)Cc3ccccc3)c2C)cc1. The molecule has 1 amide bonds. The number of rotatable bonds is 6. The van der Waals surface area contributed by atoms with Gasteiger partial charge in [-0.2, -0.15) is 5.10 Å². The van der Waals surface area contributed by atoms with Gasteiger partial charge >= 0.3 is 5.97 Å². The number of aryl methyl sites for hydroxylation is 2. The van der Waals surface area contributed by atoms with Gasteiger partial charge in [0.15, 0.2) is 6.61 Å². The molecular weight excluding hydrogens is 354 g/mol. The monoisotopic (exact) mass is 377 g/mol. The fourth-order valence-electron chi connectivity index (χ4n) is 2.90. The molecule has 2 aromatic carbocycles. The molecule has 6 heteroatoms. The minimum absolute atomic E-state index is 0.136. The first-order valence-electron chi connectivity index (χ1n) is 9.06. The van der Waals surface area contributed by atoms with E-state index in [0.717, 1.165) is 22.5 Å². The summed E-state index contributed by atoms with van der Waals surface area (Å²) in [6, 6.07) is 17.2. The van der Waals surface area contributed by atoms with E-state index in [1.54, 1.807) is 4.68 Å². The van der Waals surface area contributed by atoms with Gasteiger partial charge in [0.05, 0.1) is 29.2 Å². The predicted octanol–water partition coefficient (Wildman–Crippen LogP) is 3.52. The molecule has 28 heavy (non-hydrogen) atoms. The van der Waals surface area contributed by atoms with E-state index in [9.17, 15) is 9.59 Å². The first-order valence-corrected chi connectivity index (χ1v) is 9.06. The number of nitrogens with zero attached hydrogens (tertiary/aromatic N) is 2. The molecule has 0 spiro atoms. The van der Waals surface area contributed by atoms with Gasteiger partial charge in [-0.25, -0.2) is 4.68 Å². The van der Waals surface area contributed by atoms with Crippen LogP contribution >= 0.6 is 0 Å². The van der Waals surface area contributed by atoms with Crippen LogP contribution in [0.25, 0.3) is 5.69 Å². The van der Waals surface area contributed by atoms with Crippen LogP contribution in [0.1, 0.15) is 22.5 Å². The summed E-state index contributed by atoms with van der Waals surface area (Å²) in [5.74, 6) is -0.832. The van der Waals surface area contributed by atoms with Crippen LogP contribution in [-0.4, -0.2) is 28.3 Å². The molecule has 1 N–H and O–H groups in total. The molecule has 0 aliphatic rings. The zero-order chi connectivity index (χ0) is 20.1. The summed E-state index contributed by atoms with van der Waals surface area (Å²) in [5, 5.41) is 7.31. The number of nitrogens with one attached hydrogen (secondary N) is 1. The fraction of sp³-hybridized carbons (Fsp3) is 0.227. The van der Waals surface area contributed by atoms with E-state index in [2.05, 4.69) is 10.4 Å². The maximum atomic E-state index is 12.2. The van der Waals surface area contributed by atoms with E-state index in [0.29, 0.717) is 11.4 Å². The second-order valence-corrected chi connectivity index (χ2v) is 6.66. The Morgan fingerprint density at radius 1 is 1.00 bits per heavy atom. The number of esters is 1. The molecule has 0 aliphatic carbocycles. The molecule has 1 aromatic heterocycles. The average molecular weight is 377 g/mol. The third kappa shape index (κ3) is 4.65. The highest BCUT2D eigenvalue weighted by Crippen LogP contribution is 2.23. The zero-order valence-corrected chi connectivity index (χ0v) is 16.2. The van der Waals surface area contributed by atoms with Crippen molar-refractivity contribution in [1.82, 2.24) is 9.78 Å². The highest BCUT2D eigenvalue weighted by Gasteiger charge is 2.16. The van der Waals surface area contributed by atoms with Crippen molar-refractivity contribution < 1.29 is 14.3 Å². The molecule has 0 atom stereocenters. The molecule has 3 rings (SSSR count). The molecule has 0 unspecified atom stereocenters. The highest BCUT2D eigenvalue weighted by molar-refractivity contribution is 5.94. The lowest BCUT2D eigenvalue weighted by molar-refractivity contribution is -0.146. The van der Waals surface area contributed by atoms with Gasteiger partial charge in [-0.05, 0) is 38.5 Å². The summed E-state index contributed by atoms with van der Waals surface area (Å²) < 4.78 is 6.87. The van der Waals surface area contributed by atoms with Gasteiger partial charge < -0.3 is 10.1 Å². The molecule has 0 aliphatic heterocycles. The number of hydrogen-bond donors (Lipinski definition) is 1. The third-order valence-electron chi connectivity index (χ3n) is 4.39. The molecule has 0 saturated heterocycles. The summed E-state index contributed by atoms with van der Waals surface area (Å²) in [4.78, 5) is 24.1. The topological polar surface area (TPSA) is 73.2 Å². The molecule has 0 fully saturated rings. The van der Waals surface area contributed by atoms with Gasteiger partial charge in [0.2, 0.25) is 0 Å². The van der Waals surface area contributed by atoms with E-state index in [1.807, 2.05) is 75.4 Å². The van der Waals surface area contributed by atoms with Crippen molar-refractivity contribution in [3.63, 3.8) is 0 Å². The molecule has 0 bridgehead atoms. The number of benzene rings is 2. The Hall–Kier alpha value is -3.41. The van der Waals surface area contributed by atoms with Gasteiger partial charge in [-0.15, -0.1) is 0 Å². The van der Waals surface area contributed by atoms with Crippen molar-refractivity contribution in [2.75, 3.05) is 11.9 Å². The second kappa shape index (κ2) is 8.52. The largest absolute Gasteiger partial charge is 0.455 e. The normalized spacial score (nSPS) is 10.5. The molecule has 144 valence electrons. The van der Waals surface area contributed by atoms with Gasteiger partial charge in [0.25, 0.3) is 5.91 Å². The third-order valence-corrected chi connectivity index (χ3v) is 4.39. The number of hydrogen-bond acceptors (Lipinski definition) is 4. The summed E-state index contributed by atoms with van der Waals surface area (Å²) in [6.45, 7) is 5.40. The average Bonchev–Trinajstić information content (AvgIpc) is 2.96. The minimum Gasteiger partial charge on any atom is -0.455 e. The molecule has 0 radical (unpaired) electrons. The van der Waals surface area contributed by atoms with Crippen LogP contribution in [-0.2, 0) is 20.7 Å². The van der Waals surface area contributed by atoms with Crippen LogP contribution in [0, 0.1) is 20.8 Å². The lowest BCUT2D eigenvalue weighted by Gasteiger charge is -2.08.